The van der Waals surface area contributed by atoms with Gasteiger partial charge in [0.25, 0.3) is 0 Å². The molecule has 7 nitrogen and oxygen atoms in total. The molecule has 1 fully saturated rings. The Labute approximate surface area is 159 Å². The van der Waals surface area contributed by atoms with Crippen LogP contribution in [0.5, 0.6) is 0 Å². The van der Waals surface area contributed by atoms with E-state index in [-0.39, 0.29) is 12.5 Å². The summed E-state index contributed by atoms with van der Waals surface area (Å²) >= 11 is 0. The number of benzene rings is 1. The van der Waals surface area contributed by atoms with Crippen molar-refractivity contribution < 1.29 is 13.2 Å². The van der Waals surface area contributed by atoms with Crippen LogP contribution in [-0.4, -0.2) is 42.9 Å². The first kappa shape index (κ1) is 19.2. The van der Waals surface area contributed by atoms with Crippen molar-refractivity contribution in [2.24, 2.45) is 11.0 Å². The average molecular weight is 386 g/mol. The normalized spacial score (nSPS) is 18.5. The molecule has 1 amide bonds. The summed E-state index contributed by atoms with van der Waals surface area (Å²) in [4.78, 5) is 16.8. The number of carbonyl (C=O) groups is 1. The first-order valence-electron chi connectivity index (χ1n) is 8.78. The van der Waals surface area contributed by atoms with E-state index in [0.29, 0.717) is 35.5 Å². The number of pyridine rings is 1. The van der Waals surface area contributed by atoms with E-state index < -0.39 is 15.9 Å². The van der Waals surface area contributed by atoms with Gasteiger partial charge in [0.2, 0.25) is 15.9 Å². The van der Waals surface area contributed by atoms with Crippen molar-refractivity contribution in [2.45, 2.75) is 24.7 Å². The number of hydrogen-bond donors (Lipinski definition) is 1. The van der Waals surface area contributed by atoms with Gasteiger partial charge >= 0.3 is 0 Å². The molecular formula is C19H22N4O3S. The van der Waals surface area contributed by atoms with Gasteiger partial charge in [-0.3, -0.25) is 9.78 Å². The van der Waals surface area contributed by atoms with Crippen molar-refractivity contribution in [2.75, 3.05) is 13.1 Å². The number of aryl methyl sites for hydroxylation is 1. The number of rotatable bonds is 5. The van der Waals surface area contributed by atoms with Crippen molar-refractivity contribution in [1.82, 2.24) is 14.7 Å². The minimum Gasteiger partial charge on any atom is -0.273 e. The van der Waals surface area contributed by atoms with Gasteiger partial charge in [-0.15, -0.1) is 0 Å². The Balaban J connectivity index is 1.66. The van der Waals surface area contributed by atoms with Gasteiger partial charge in [-0.05, 0) is 43.5 Å². The van der Waals surface area contributed by atoms with Crippen molar-refractivity contribution in [3.63, 3.8) is 0 Å². The third-order valence-corrected chi connectivity index (χ3v) is 6.55. The number of sulfonamides is 1. The molecule has 2 aromatic rings. The monoisotopic (exact) mass is 386 g/mol. The molecule has 1 N–H and O–H groups in total. The summed E-state index contributed by atoms with van der Waals surface area (Å²) < 4.78 is 27.3. The summed E-state index contributed by atoms with van der Waals surface area (Å²) in [5.74, 6) is -0.717. The van der Waals surface area contributed by atoms with E-state index in [4.69, 9.17) is 0 Å². The summed E-state index contributed by atoms with van der Waals surface area (Å²) in [5.41, 5.74) is 3.82. The lowest BCUT2D eigenvalue weighted by atomic mass is 9.99. The van der Waals surface area contributed by atoms with Crippen LogP contribution in [0.3, 0.4) is 0 Å². The number of carbonyl (C=O) groups excluding carboxylic acids is 1. The van der Waals surface area contributed by atoms with E-state index in [1.165, 1.54) is 10.5 Å². The minimum absolute atomic E-state index is 0.154. The smallest absolute Gasteiger partial charge is 0.244 e. The van der Waals surface area contributed by atoms with Crippen LogP contribution in [0.2, 0.25) is 0 Å². The molecule has 1 atom stereocenters. The van der Waals surface area contributed by atoms with Crippen molar-refractivity contribution >= 4 is 22.1 Å². The third-order valence-electron chi connectivity index (χ3n) is 4.53. The summed E-state index contributed by atoms with van der Waals surface area (Å²) in [6, 6.07) is 12.3. The van der Waals surface area contributed by atoms with Crippen LogP contribution in [-0.2, 0) is 14.8 Å². The highest BCUT2D eigenvalue weighted by atomic mass is 32.2. The van der Waals surface area contributed by atoms with Gasteiger partial charge < -0.3 is 0 Å². The number of hydrogen-bond acceptors (Lipinski definition) is 5. The van der Waals surface area contributed by atoms with E-state index in [0.717, 1.165) is 0 Å². The highest BCUT2D eigenvalue weighted by Gasteiger charge is 2.33. The Kier molecular flexibility index (Phi) is 5.98. The molecule has 142 valence electrons. The molecule has 1 aliphatic rings. The molecule has 1 aliphatic heterocycles. The number of hydrazone groups is 1. The molecule has 1 aromatic heterocycles. The van der Waals surface area contributed by atoms with Crippen molar-refractivity contribution in [3.05, 3.63) is 59.9 Å². The van der Waals surface area contributed by atoms with E-state index in [1.807, 2.05) is 6.07 Å². The SMILES string of the molecule is Cc1ccccc1S(=O)(=O)N1CCCC(C(=O)NN=Cc2ccccn2)C1. The molecular weight excluding hydrogens is 364 g/mol. The van der Waals surface area contributed by atoms with Crippen molar-refractivity contribution in [1.29, 1.82) is 0 Å². The lowest BCUT2D eigenvalue weighted by Gasteiger charge is -2.31. The molecule has 0 aliphatic carbocycles. The molecule has 0 saturated carbocycles. The fourth-order valence-corrected chi connectivity index (χ4v) is 4.81. The Hall–Kier alpha value is -2.58. The lowest BCUT2D eigenvalue weighted by molar-refractivity contribution is -0.126. The van der Waals surface area contributed by atoms with E-state index in [9.17, 15) is 13.2 Å². The molecule has 0 bridgehead atoms. The average Bonchev–Trinajstić information content (AvgIpc) is 2.69. The van der Waals surface area contributed by atoms with Gasteiger partial charge in [-0.1, -0.05) is 24.3 Å². The van der Waals surface area contributed by atoms with Crippen LogP contribution in [0.1, 0.15) is 24.1 Å². The minimum atomic E-state index is -3.62. The zero-order valence-corrected chi connectivity index (χ0v) is 15.9. The molecule has 0 spiro atoms. The molecule has 0 radical (unpaired) electrons. The Morgan fingerprint density at radius 3 is 2.78 bits per heavy atom. The van der Waals surface area contributed by atoms with Crippen LogP contribution in [0.25, 0.3) is 0 Å². The first-order chi connectivity index (χ1) is 13.0. The van der Waals surface area contributed by atoms with Crippen molar-refractivity contribution in [3.8, 4) is 0 Å². The van der Waals surface area contributed by atoms with E-state index >= 15 is 0 Å². The Morgan fingerprint density at radius 1 is 1.26 bits per heavy atom. The summed E-state index contributed by atoms with van der Waals surface area (Å²) in [5, 5.41) is 3.92. The molecule has 1 saturated heterocycles. The second-order valence-corrected chi connectivity index (χ2v) is 8.36. The standard InChI is InChI=1S/C19H22N4O3S/c1-15-7-2-3-10-18(15)27(25,26)23-12-6-8-16(14-23)19(24)22-21-13-17-9-4-5-11-20-17/h2-5,7,9-11,13,16H,6,8,12,14H2,1H3,(H,22,24). The maximum absolute atomic E-state index is 12.9. The number of piperidine rings is 1. The fourth-order valence-electron chi connectivity index (χ4n) is 3.07. The Morgan fingerprint density at radius 2 is 2.04 bits per heavy atom. The van der Waals surface area contributed by atoms with Crippen LogP contribution in [0.4, 0.5) is 0 Å². The number of nitrogens with one attached hydrogen (secondary N) is 1. The molecule has 1 unspecified atom stereocenters. The second kappa shape index (κ2) is 8.41. The van der Waals surface area contributed by atoms with Crippen LogP contribution >= 0.6 is 0 Å². The molecule has 2 heterocycles. The highest BCUT2D eigenvalue weighted by Crippen LogP contribution is 2.25. The topological polar surface area (TPSA) is 91.7 Å². The quantitative estimate of drug-likeness (QED) is 0.628. The summed E-state index contributed by atoms with van der Waals surface area (Å²) in [7, 11) is -3.62. The van der Waals surface area contributed by atoms with Gasteiger partial charge in [0, 0.05) is 19.3 Å². The third kappa shape index (κ3) is 4.58. The maximum Gasteiger partial charge on any atom is 0.244 e. The number of amides is 1. The van der Waals surface area contributed by atoms with E-state index in [1.54, 1.807) is 49.5 Å². The molecule has 8 heteroatoms. The van der Waals surface area contributed by atoms with Gasteiger partial charge in [0.1, 0.15) is 0 Å². The maximum atomic E-state index is 12.9. The number of nitrogens with zero attached hydrogens (tertiary/aromatic N) is 3. The summed E-state index contributed by atoms with van der Waals surface area (Å²) in [6.07, 6.45) is 4.36. The van der Waals surface area contributed by atoms with Crippen LogP contribution in [0.15, 0.2) is 58.7 Å². The first-order valence-corrected chi connectivity index (χ1v) is 10.2. The van der Waals surface area contributed by atoms with E-state index in [2.05, 4.69) is 15.5 Å². The van der Waals surface area contributed by atoms with Crippen LogP contribution in [0, 0.1) is 12.8 Å². The van der Waals surface area contributed by atoms with Crippen LogP contribution < -0.4 is 5.43 Å². The Bertz CT molecular complexity index is 929. The van der Waals surface area contributed by atoms with Gasteiger partial charge in [0.05, 0.1) is 22.7 Å². The van der Waals surface area contributed by atoms with Gasteiger partial charge in [-0.2, -0.15) is 9.41 Å². The molecule has 3 rings (SSSR count). The predicted octanol–water partition coefficient (Wildman–Crippen LogP) is 1.94. The molecule has 1 aromatic carbocycles. The molecule has 27 heavy (non-hydrogen) atoms. The second-order valence-electron chi connectivity index (χ2n) is 6.46. The number of aromatic nitrogens is 1. The zero-order chi connectivity index (χ0) is 19.3. The lowest BCUT2D eigenvalue weighted by Crippen LogP contribution is -2.44. The fraction of sp³-hybridized carbons (Fsp3) is 0.316. The van der Waals surface area contributed by atoms with Gasteiger partial charge in [-0.25, -0.2) is 13.8 Å². The predicted molar refractivity (Wildman–Crippen MR) is 103 cm³/mol. The van der Waals surface area contributed by atoms with Gasteiger partial charge in [0.15, 0.2) is 0 Å². The zero-order valence-electron chi connectivity index (χ0n) is 15.1. The largest absolute Gasteiger partial charge is 0.273 e. The highest BCUT2D eigenvalue weighted by molar-refractivity contribution is 7.89. The summed E-state index contributed by atoms with van der Waals surface area (Å²) in [6.45, 7) is 2.34.